The summed E-state index contributed by atoms with van der Waals surface area (Å²) in [5.74, 6) is 0.472. The molecule has 10 heteroatoms. The Balaban J connectivity index is 0.00000228. The van der Waals surface area contributed by atoms with Gasteiger partial charge in [-0.2, -0.15) is 0 Å². The van der Waals surface area contributed by atoms with Crippen molar-refractivity contribution >= 4 is 21.8 Å². The summed E-state index contributed by atoms with van der Waals surface area (Å²) in [5.41, 5.74) is 2.73. The Bertz CT molecular complexity index is 1140. The maximum absolute atomic E-state index is 12.9. The number of hydrogen-bond acceptors (Lipinski definition) is 7. The van der Waals surface area contributed by atoms with Crippen LogP contribution in [-0.2, 0) is 30.8 Å². The van der Waals surface area contributed by atoms with Gasteiger partial charge in [-0.15, -0.1) is 0 Å². The number of para-hydroxylation sites is 2. The van der Waals surface area contributed by atoms with Crippen LogP contribution < -0.4 is 39.3 Å². The van der Waals surface area contributed by atoms with Gasteiger partial charge in [0.25, 0.3) is 5.97 Å². The molecule has 3 aliphatic heterocycles. The minimum absolute atomic E-state index is 0. The van der Waals surface area contributed by atoms with Crippen LogP contribution in [0.5, 0.6) is 5.75 Å². The molecule has 168 valence electrons. The first-order chi connectivity index (χ1) is 15.6. The van der Waals surface area contributed by atoms with Crippen LogP contribution in [0.1, 0.15) is 24.1 Å². The van der Waals surface area contributed by atoms with Crippen LogP contribution >= 0.6 is 0 Å². The Labute approximate surface area is 216 Å². The molecule has 5 heterocycles. The van der Waals surface area contributed by atoms with Crippen molar-refractivity contribution in [3.63, 3.8) is 0 Å². The molecule has 1 saturated carbocycles. The third-order valence-electron chi connectivity index (χ3n) is 6.39. The molecule has 33 heavy (non-hydrogen) atoms. The second-order valence-corrected chi connectivity index (χ2v) is 10.2. The number of rotatable bonds is 7. The first-order valence-corrected chi connectivity index (χ1v) is 12.1. The predicted octanol–water partition coefficient (Wildman–Crippen LogP) is -0.287. The third-order valence-corrected chi connectivity index (χ3v) is 7.52. The summed E-state index contributed by atoms with van der Waals surface area (Å²) < 4.78 is 37.0. The molecule has 1 atom stereocenters. The van der Waals surface area contributed by atoms with Gasteiger partial charge in [-0.25, -0.2) is 0 Å². The fraction of sp³-hybridized carbons (Fsp3) is 0.478. The molecule has 0 N–H and O–H groups in total. The Morgan fingerprint density at radius 2 is 1.88 bits per heavy atom. The van der Waals surface area contributed by atoms with E-state index in [2.05, 4.69) is 15.0 Å². The van der Waals surface area contributed by atoms with E-state index in [4.69, 9.17) is 18.9 Å². The minimum atomic E-state index is -1.40. The van der Waals surface area contributed by atoms with Crippen LogP contribution in [0.15, 0.2) is 41.7 Å². The van der Waals surface area contributed by atoms with E-state index in [-0.39, 0.29) is 40.7 Å². The number of hydrogen-bond donors (Lipinski definition) is 0. The molecule has 7 rings (SSSR count). The van der Waals surface area contributed by atoms with Gasteiger partial charge in [-0.1, -0.05) is 24.3 Å². The Kier molecular flexibility index (Phi) is 6.41. The van der Waals surface area contributed by atoms with Gasteiger partial charge in [0.2, 0.25) is 0 Å². The molecule has 3 aromatic rings. The number of pyridine rings is 1. The van der Waals surface area contributed by atoms with Crippen LogP contribution in [0.2, 0.25) is 0 Å². The van der Waals surface area contributed by atoms with Crippen LogP contribution in [0.4, 0.5) is 0 Å². The van der Waals surface area contributed by atoms with Gasteiger partial charge >= 0.3 is 29.6 Å². The van der Waals surface area contributed by atoms with E-state index < -0.39 is 16.8 Å². The molecule has 2 aromatic heterocycles. The molecular formula is C23H24N3NaO5S. The SMILES string of the molecule is Cc1c(OCC23COC(C4CC4)(OC2)OC3)ccnc1CS(=O)c1nc2ccccc2[n-]1.[Na+]. The van der Waals surface area contributed by atoms with Crippen LogP contribution in [0.3, 0.4) is 0 Å². The zero-order chi connectivity index (χ0) is 21.8. The first-order valence-electron chi connectivity index (χ1n) is 10.8. The summed E-state index contributed by atoms with van der Waals surface area (Å²) >= 11 is 0. The van der Waals surface area contributed by atoms with Gasteiger partial charge < -0.3 is 28.9 Å². The van der Waals surface area contributed by atoms with E-state index >= 15 is 0 Å². The van der Waals surface area contributed by atoms with Crippen molar-refractivity contribution in [2.75, 3.05) is 26.4 Å². The minimum Gasteiger partial charge on any atom is -0.492 e. The number of ether oxygens (including phenoxy) is 4. The smallest absolute Gasteiger partial charge is 0.492 e. The van der Waals surface area contributed by atoms with Gasteiger partial charge in [-0.3, -0.25) is 9.19 Å². The maximum atomic E-state index is 12.9. The zero-order valence-corrected chi connectivity index (χ0v) is 21.6. The third kappa shape index (κ3) is 4.40. The van der Waals surface area contributed by atoms with Gasteiger partial charge in [-0.05, 0) is 36.9 Å². The number of benzene rings is 1. The molecule has 2 bridgehead atoms. The first kappa shape index (κ1) is 23.4. The molecular weight excluding hydrogens is 453 g/mol. The molecule has 0 radical (unpaired) electrons. The van der Waals surface area contributed by atoms with Crippen molar-refractivity contribution in [3.05, 3.63) is 47.8 Å². The summed E-state index contributed by atoms with van der Waals surface area (Å²) in [6.45, 7) is 4.03. The number of imidazole rings is 1. The van der Waals surface area contributed by atoms with Crippen molar-refractivity contribution in [3.8, 4) is 5.75 Å². The van der Waals surface area contributed by atoms with E-state index in [1.54, 1.807) is 6.20 Å². The fourth-order valence-electron chi connectivity index (χ4n) is 4.19. The van der Waals surface area contributed by atoms with E-state index in [0.717, 1.165) is 29.4 Å². The number of aromatic nitrogens is 3. The normalized spacial score (nSPS) is 27.3. The van der Waals surface area contributed by atoms with E-state index in [1.807, 2.05) is 37.3 Å². The Morgan fingerprint density at radius 1 is 1.15 bits per heavy atom. The zero-order valence-electron chi connectivity index (χ0n) is 18.8. The molecule has 4 fully saturated rings. The summed E-state index contributed by atoms with van der Waals surface area (Å²) in [6, 6.07) is 9.34. The van der Waals surface area contributed by atoms with Crippen molar-refractivity contribution in [1.82, 2.24) is 15.0 Å². The molecule has 1 aromatic carbocycles. The molecule has 3 saturated heterocycles. The number of fused-ring (bicyclic) bond motifs is 4. The summed E-state index contributed by atoms with van der Waals surface area (Å²) in [7, 11) is -1.40. The van der Waals surface area contributed by atoms with Gasteiger partial charge in [0.15, 0.2) is 0 Å². The van der Waals surface area contributed by atoms with Crippen molar-refractivity contribution in [2.24, 2.45) is 11.3 Å². The predicted molar refractivity (Wildman–Crippen MR) is 115 cm³/mol. The molecule has 1 aliphatic carbocycles. The van der Waals surface area contributed by atoms with Crippen LogP contribution in [0.25, 0.3) is 11.0 Å². The van der Waals surface area contributed by atoms with Crippen molar-refractivity contribution < 1.29 is 52.7 Å². The Hall–Kier alpha value is -1.33. The van der Waals surface area contributed by atoms with Crippen LogP contribution in [0, 0.1) is 18.3 Å². The van der Waals surface area contributed by atoms with E-state index in [0.29, 0.717) is 48.9 Å². The largest absolute Gasteiger partial charge is 1.00 e. The average Bonchev–Trinajstić information content (AvgIpc) is 3.60. The van der Waals surface area contributed by atoms with Gasteiger partial charge in [0.05, 0.1) is 47.5 Å². The molecule has 0 amide bonds. The monoisotopic (exact) mass is 477 g/mol. The van der Waals surface area contributed by atoms with Crippen molar-refractivity contribution in [2.45, 2.75) is 36.6 Å². The maximum Gasteiger partial charge on any atom is 1.00 e. The average molecular weight is 478 g/mol. The molecule has 4 aliphatic rings. The second-order valence-electron chi connectivity index (χ2n) is 8.90. The number of nitrogens with zero attached hydrogens (tertiary/aromatic N) is 3. The van der Waals surface area contributed by atoms with E-state index in [1.165, 1.54) is 0 Å². The summed E-state index contributed by atoms with van der Waals surface area (Å²) in [4.78, 5) is 13.2. The molecule has 8 nitrogen and oxygen atoms in total. The van der Waals surface area contributed by atoms with Gasteiger partial charge in [0, 0.05) is 22.8 Å². The fourth-order valence-corrected chi connectivity index (χ4v) is 5.26. The topological polar surface area (TPSA) is 93.9 Å². The molecule has 0 spiro atoms. The van der Waals surface area contributed by atoms with Crippen LogP contribution in [-0.4, -0.2) is 46.6 Å². The summed E-state index contributed by atoms with van der Waals surface area (Å²) in [5, 5.41) is 0.326. The van der Waals surface area contributed by atoms with Crippen molar-refractivity contribution in [1.29, 1.82) is 0 Å². The second kappa shape index (κ2) is 9.03. The van der Waals surface area contributed by atoms with E-state index in [9.17, 15) is 4.21 Å². The summed E-state index contributed by atoms with van der Waals surface area (Å²) in [6.07, 6.45) is 3.86. The molecule has 1 unspecified atom stereocenters. The van der Waals surface area contributed by atoms with Gasteiger partial charge in [0.1, 0.15) is 12.4 Å². The quantitative estimate of drug-likeness (QED) is 0.429. The Morgan fingerprint density at radius 3 is 2.58 bits per heavy atom. The standard InChI is InChI=1S/C23H24N3O5S.Na/c1-15-19(10-32(27)21-25-17-4-2-3-5-18(17)26-21)24-9-8-20(15)28-11-22-12-29-23(30-13-22,31-14-22)16-6-7-16;/h2-5,8-9,16H,6-7,10-14H2,1H3;/q-1;+1.